The van der Waals surface area contributed by atoms with Crippen molar-refractivity contribution in [3.63, 3.8) is 0 Å². The molecule has 1 aliphatic rings. The van der Waals surface area contributed by atoms with Gasteiger partial charge < -0.3 is 16.0 Å². The van der Waals surface area contributed by atoms with Crippen LogP contribution in [0.25, 0.3) is 10.9 Å². The molecule has 1 aromatic carbocycles. The molecule has 0 saturated carbocycles. The van der Waals surface area contributed by atoms with Crippen LogP contribution >= 0.6 is 0 Å². The molecular formula is C16H23N5. The lowest BCUT2D eigenvalue weighted by Crippen LogP contribution is -2.29. The van der Waals surface area contributed by atoms with Crippen LogP contribution in [-0.4, -0.2) is 41.0 Å². The van der Waals surface area contributed by atoms with Gasteiger partial charge in [-0.05, 0) is 50.0 Å². The van der Waals surface area contributed by atoms with E-state index >= 15 is 0 Å². The van der Waals surface area contributed by atoms with Crippen LogP contribution < -0.4 is 11.1 Å². The van der Waals surface area contributed by atoms with E-state index in [-0.39, 0.29) is 0 Å². The van der Waals surface area contributed by atoms with E-state index in [1.807, 2.05) is 18.2 Å². The lowest BCUT2D eigenvalue weighted by molar-refractivity contribution is 0.294. The number of hydrogen-bond donors (Lipinski definition) is 2. The molecule has 3 rings (SSSR count). The molecule has 1 atom stereocenters. The molecule has 1 fully saturated rings. The number of anilines is 2. The van der Waals surface area contributed by atoms with Gasteiger partial charge in [0.25, 0.3) is 0 Å². The summed E-state index contributed by atoms with van der Waals surface area (Å²) in [6, 6.07) is 5.74. The maximum atomic E-state index is 5.87. The molecule has 2 aromatic rings. The minimum Gasteiger partial charge on any atom is -0.399 e. The molecule has 5 heteroatoms. The number of hydrogen-bond acceptors (Lipinski definition) is 5. The second kappa shape index (κ2) is 6.26. The standard InChI is InChI=1S/C16H23N5/c1-12(10-21-6-2-3-7-21)9-18-16-14-8-13(17)4-5-15(14)19-11-20-16/h4-5,8,11-12H,2-3,6-7,9-10,17H2,1H3,(H,18,19,20). The number of likely N-dealkylation sites (tertiary alicyclic amines) is 1. The van der Waals surface area contributed by atoms with Crippen LogP contribution in [0.5, 0.6) is 0 Å². The Kier molecular flexibility index (Phi) is 4.20. The Morgan fingerprint density at radius 3 is 2.90 bits per heavy atom. The van der Waals surface area contributed by atoms with Gasteiger partial charge in [0.2, 0.25) is 0 Å². The zero-order chi connectivity index (χ0) is 14.7. The van der Waals surface area contributed by atoms with E-state index in [1.165, 1.54) is 25.9 Å². The van der Waals surface area contributed by atoms with Crippen LogP contribution in [0.1, 0.15) is 19.8 Å². The second-order valence-electron chi connectivity index (χ2n) is 5.99. The Balaban J connectivity index is 1.65. The van der Waals surface area contributed by atoms with Crippen molar-refractivity contribution in [1.29, 1.82) is 0 Å². The van der Waals surface area contributed by atoms with Crippen LogP contribution in [0.3, 0.4) is 0 Å². The van der Waals surface area contributed by atoms with Crippen molar-refractivity contribution in [1.82, 2.24) is 14.9 Å². The summed E-state index contributed by atoms with van der Waals surface area (Å²) >= 11 is 0. The van der Waals surface area contributed by atoms with Gasteiger partial charge in [0.1, 0.15) is 12.1 Å². The monoisotopic (exact) mass is 285 g/mol. The molecule has 2 heterocycles. The van der Waals surface area contributed by atoms with Crippen molar-refractivity contribution in [2.45, 2.75) is 19.8 Å². The first kappa shape index (κ1) is 14.1. The van der Waals surface area contributed by atoms with Gasteiger partial charge in [0.05, 0.1) is 5.52 Å². The van der Waals surface area contributed by atoms with Crippen molar-refractivity contribution in [2.24, 2.45) is 5.92 Å². The number of nitrogen functional groups attached to an aromatic ring is 1. The third kappa shape index (κ3) is 3.42. The third-order valence-electron chi connectivity index (χ3n) is 4.05. The lowest BCUT2D eigenvalue weighted by atomic mass is 10.1. The van der Waals surface area contributed by atoms with Crippen molar-refractivity contribution in [2.75, 3.05) is 37.2 Å². The SMILES string of the molecule is CC(CNc1ncnc2ccc(N)cc12)CN1CCCC1. The average molecular weight is 285 g/mol. The molecule has 21 heavy (non-hydrogen) atoms. The Morgan fingerprint density at radius 1 is 1.29 bits per heavy atom. The third-order valence-corrected chi connectivity index (χ3v) is 4.05. The van der Waals surface area contributed by atoms with E-state index in [0.29, 0.717) is 5.92 Å². The first-order valence-corrected chi connectivity index (χ1v) is 7.69. The van der Waals surface area contributed by atoms with Gasteiger partial charge in [-0.3, -0.25) is 0 Å². The summed E-state index contributed by atoms with van der Waals surface area (Å²) in [5.41, 5.74) is 7.53. The van der Waals surface area contributed by atoms with Gasteiger partial charge in [0, 0.05) is 24.2 Å². The van der Waals surface area contributed by atoms with E-state index in [1.54, 1.807) is 6.33 Å². The van der Waals surface area contributed by atoms with Crippen molar-refractivity contribution in [3.05, 3.63) is 24.5 Å². The highest BCUT2D eigenvalue weighted by Crippen LogP contribution is 2.22. The molecule has 1 saturated heterocycles. The minimum atomic E-state index is 0.592. The number of aromatic nitrogens is 2. The number of nitrogens with zero attached hydrogens (tertiary/aromatic N) is 3. The van der Waals surface area contributed by atoms with E-state index < -0.39 is 0 Å². The van der Waals surface area contributed by atoms with Crippen LogP contribution in [-0.2, 0) is 0 Å². The van der Waals surface area contributed by atoms with E-state index in [9.17, 15) is 0 Å². The van der Waals surface area contributed by atoms with Crippen LogP contribution in [0.4, 0.5) is 11.5 Å². The molecular weight excluding hydrogens is 262 g/mol. The number of rotatable bonds is 5. The largest absolute Gasteiger partial charge is 0.399 e. The smallest absolute Gasteiger partial charge is 0.137 e. The summed E-state index contributed by atoms with van der Waals surface area (Å²) < 4.78 is 0. The quantitative estimate of drug-likeness (QED) is 0.825. The van der Waals surface area contributed by atoms with E-state index in [4.69, 9.17) is 5.73 Å². The van der Waals surface area contributed by atoms with Gasteiger partial charge >= 0.3 is 0 Å². The number of fused-ring (bicyclic) bond motifs is 1. The normalized spacial score (nSPS) is 17.2. The van der Waals surface area contributed by atoms with Crippen molar-refractivity contribution >= 4 is 22.4 Å². The lowest BCUT2D eigenvalue weighted by Gasteiger charge is -2.20. The van der Waals surface area contributed by atoms with Crippen LogP contribution in [0, 0.1) is 5.92 Å². The highest BCUT2D eigenvalue weighted by Gasteiger charge is 2.14. The number of nitrogens with two attached hydrogens (primary N) is 1. The molecule has 0 bridgehead atoms. The fourth-order valence-corrected chi connectivity index (χ4v) is 2.96. The minimum absolute atomic E-state index is 0.592. The molecule has 5 nitrogen and oxygen atoms in total. The Bertz CT molecular complexity index is 607. The molecule has 1 aromatic heterocycles. The topological polar surface area (TPSA) is 67.1 Å². The molecule has 112 valence electrons. The predicted molar refractivity (Wildman–Crippen MR) is 87.3 cm³/mol. The summed E-state index contributed by atoms with van der Waals surface area (Å²) in [4.78, 5) is 11.2. The summed E-state index contributed by atoms with van der Waals surface area (Å²) in [6.07, 6.45) is 4.29. The molecule has 0 amide bonds. The highest BCUT2D eigenvalue weighted by molar-refractivity contribution is 5.91. The van der Waals surface area contributed by atoms with Crippen LogP contribution in [0.2, 0.25) is 0 Å². The molecule has 0 radical (unpaired) electrons. The molecule has 0 spiro atoms. The first-order valence-electron chi connectivity index (χ1n) is 7.69. The number of benzene rings is 1. The Morgan fingerprint density at radius 2 is 2.10 bits per heavy atom. The maximum absolute atomic E-state index is 5.87. The summed E-state index contributed by atoms with van der Waals surface area (Å²) in [7, 11) is 0. The van der Waals surface area contributed by atoms with E-state index in [2.05, 4.69) is 27.1 Å². The summed E-state index contributed by atoms with van der Waals surface area (Å²) in [6.45, 7) is 6.84. The predicted octanol–water partition coefficient (Wildman–Crippen LogP) is 2.36. The zero-order valence-electron chi connectivity index (χ0n) is 12.5. The number of nitrogens with one attached hydrogen (secondary N) is 1. The van der Waals surface area contributed by atoms with Crippen molar-refractivity contribution in [3.8, 4) is 0 Å². The van der Waals surface area contributed by atoms with Gasteiger partial charge in [-0.1, -0.05) is 6.92 Å². The average Bonchev–Trinajstić information content (AvgIpc) is 2.98. The van der Waals surface area contributed by atoms with Gasteiger partial charge in [0.15, 0.2) is 0 Å². The fourth-order valence-electron chi connectivity index (χ4n) is 2.96. The zero-order valence-corrected chi connectivity index (χ0v) is 12.5. The summed E-state index contributed by atoms with van der Waals surface area (Å²) in [5.74, 6) is 1.47. The van der Waals surface area contributed by atoms with Gasteiger partial charge in [-0.15, -0.1) is 0 Å². The molecule has 1 unspecified atom stereocenters. The van der Waals surface area contributed by atoms with Crippen LogP contribution in [0.15, 0.2) is 24.5 Å². The fraction of sp³-hybridized carbons (Fsp3) is 0.500. The molecule has 1 aliphatic heterocycles. The second-order valence-corrected chi connectivity index (χ2v) is 5.99. The van der Waals surface area contributed by atoms with Gasteiger partial charge in [-0.2, -0.15) is 0 Å². The maximum Gasteiger partial charge on any atom is 0.137 e. The molecule has 0 aliphatic carbocycles. The summed E-state index contributed by atoms with van der Waals surface area (Å²) in [5, 5.41) is 4.45. The van der Waals surface area contributed by atoms with Gasteiger partial charge in [-0.25, -0.2) is 9.97 Å². The highest BCUT2D eigenvalue weighted by atomic mass is 15.1. The Hall–Kier alpha value is -1.88. The van der Waals surface area contributed by atoms with E-state index in [0.717, 1.165) is 35.5 Å². The van der Waals surface area contributed by atoms with Crippen molar-refractivity contribution < 1.29 is 0 Å². The molecule has 3 N–H and O–H groups in total. The first-order chi connectivity index (χ1) is 10.2. The Labute approximate surface area is 125 Å².